The summed E-state index contributed by atoms with van der Waals surface area (Å²) in [5.41, 5.74) is 0.850. The number of nitrogens with one attached hydrogen (secondary N) is 2. The first-order chi connectivity index (χ1) is 9.49. The van der Waals surface area contributed by atoms with Gasteiger partial charge in [0, 0.05) is 26.6 Å². The van der Waals surface area contributed by atoms with Gasteiger partial charge in [-0.3, -0.25) is 4.79 Å². The normalized spacial score (nSPS) is 11.3. The number of amides is 1. The Hall–Kier alpha value is -1.44. The van der Waals surface area contributed by atoms with Crippen LogP contribution in [0, 0.1) is 0 Å². The lowest BCUT2D eigenvalue weighted by molar-refractivity contribution is -0.120. The van der Waals surface area contributed by atoms with Gasteiger partial charge in [0.05, 0.1) is 11.5 Å². The number of carbonyl (C=O) groups is 1. The van der Waals surface area contributed by atoms with E-state index in [1.807, 2.05) is 0 Å². The van der Waals surface area contributed by atoms with E-state index in [-0.39, 0.29) is 17.3 Å². The second kappa shape index (κ2) is 7.98. The molecule has 2 N–H and O–H groups in total. The molecule has 1 amide bonds. The van der Waals surface area contributed by atoms with E-state index in [2.05, 4.69) is 10.0 Å². The van der Waals surface area contributed by atoms with Gasteiger partial charge < -0.3 is 10.1 Å². The smallest absolute Gasteiger partial charge is 0.240 e. The Morgan fingerprint density at radius 2 is 1.90 bits per heavy atom. The minimum atomic E-state index is -3.50. The number of carbonyl (C=O) groups excluding carboxylic acids is 1. The van der Waals surface area contributed by atoms with E-state index in [9.17, 15) is 13.2 Å². The number of methoxy groups -OCH3 is 1. The first-order valence-corrected chi connectivity index (χ1v) is 7.82. The number of hydrogen-bond donors (Lipinski definition) is 2. The van der Waals surface area contributed by atoms with Gasteiger partial charge in [0.25, 0.3) is 0 Å². The number of hydrogen-bond acceptors (Lipinski definition) is 4. The highest BCUT2D eigenvalue weighted by molar-refractivity contribution is 7.89. The summed E-state index contributed by atoms with van der Waals surface area (Å²) in [4.78, 5) is 11.3. The lowest BCUT2D eigenvalue weighted by Gasteiger charge is -2.08. The zero-order valence-corrected chi connectivity index (χ0v) is 12.5. The fourth-order valence-corrected chi connectivity index (χ4v) is 2.49. The average Bonchev–Trinajstić information content (AvgIpc) is 2.45. The molecule has 112 valence electrons. The summed E-state index contributed by atoms with van der Waals surface area (Å²) in [5.74, 6) is -0.0390. The fraction of sp³-hybridized carbons (Fsp3) is 0.462. The largest absolute Gasteiger partial charge is 0.383 e. The zero-order valence-electron chi connectivity index (χ0n) is 11.7. The maximum atomic E-state index is 11.9. The molecule has 0 aromatic heterocycles. The lowest BCUT2D eigenvalue weighted by Crippen LogP contribution is -2.27. The number of ether oxygens (including phenoxy) is 1. The van der Waals surface area contributed by atoms with Crippen LogP contribution in [0.15, 0.2) is 29.2 Å². The quantitative estimate of drug-likeness (QED) is 0.690. The van der Waals surface area contributed by atoms with Gasteiger partial charge in [0.15, 0.2) is 0 Å². The second-order valence-electron chi connectivity index (χ2n) is 4.16. The van der Waals surface area contributed by atoms with Crippen molar-refractivity contribution in [2.45, 2.75) is 24.8 Å². The molecule has 0 saturated carbocycles. The van der Waals surface area contributed by atoms with Crippen molar-refractivity contribution in [1.29, 1.82) is 0 Å². The van der Waals surface area contributed by atoms with Crippen LogP contribution in [0.4, 0.5) is 0 Å². The summed E-state index contributed by atoms with van der Waals surface area (Å²) >= 11 is 0. The first kappa shape index (κ1) is 16.6. The van der Waals surface area contributed by atoms with Crippen LogP contribution < -0.4 is 10.0 Å². The van der Waals surface area contributed by atoms with Gasteiger partial charge in [-0.25, -0.2) is 13.1 Å². The van der Waals surface area contributed by atoms with Crippen LogP contribution in [0.5, 0.6) is 0 Å². The van der Waals surface area contributed by atoms with Crippen LogP contribution in [-0.4, -0.2) is 34.6 Å². The van der Waals surface area contributed by atoms with Gasteiger partial charge in [-0.1, -0.05) is 19.1 Å². The molecule has 7 heteroatoms. The Kier molecular flexibility index (Phi) is 6.63. The highest BCUT2D eigenvalue weighted by atomic mass is 32.2. The topological polar surface area (TPSA) is 84.5 Å². The standard InChI is InChI=1S/C13H20N2O4S/c1-3-13(16)14-10-11-4-6-12(7-5-11)20(17,18)15-8-9-19-2/h4-7,15H,3,8-10H2,1-2H3,(H,14,16). The molecule has 20 heavy (non-hydrogen) atoms. The van der Waals surface area contributed by atoms with Crippen molar-refractivity contribution in [3.8, 4) is 0 Å². The van der Waals surface area contributed by atoms with Crippen molar-refractivity contribution in [3.05, 3.63) is 29.8 Å². The molecule has 0 fully saturated rings. The van der Waals surface area contributed by atoms with Crippen molar-refractivity contribution in [3.63, 3.8) is 0 Å². The Bertz CT molecular complexity index is 526. The van der Waals surface area contributed by atoms with Crippen LogP contribution in [0.3, 0.4) is 0 Å². The van der Waals surface area contributed by atoms with Crippen LogP contribution >= 0.6 is 0 Å². The van der Waals surface area contributed by atoms with Gasteiger partial charge in [-0.2, -0.15) is 0 Å². The molecule has 0 heterocycles. The molecular weight excluding hydrogens is 280 g/mol. The Balaban J connectivity index is 2.63. The van der Waals surface area contributed by atoms with Crippen molar-refractivity contribution >= 4 is 15.9 Å². The minimum Gasteiger partial charge on any atom is -0.383 e. The second-order valence-corrected chi connectivity index (χ2v) is 5.93. The highest BCUT2D eigenvalue weighted by Crippen LogP contribution is 2.10. The zero-order chi connectivity index (χ0) is 15.0. The van der Waals surface area contributed by atoms with E-state index in [0.29, 0.717) is 19.6 Å². The number of sulfonamides is 1. The Labute approximate surface area is 119 Å². The van der Waals surface area contributed by atoms with Crippen molar-refractivity contribution in [2.24, 2.45) is 0 Å². The molecule has 0 aliphatic carbocycles. The van der Waals surface area contributed by atoms with Crippen LogP contribution in [0.25, 0.3) is 0 Å². The molecule has 1 aromatic carbocycles. The Morgan fingerprint density at radius 1 is 1.25 bits per heavy atom. The van der Waals surface area contributed by atoms with E-state index < -0.39 is 10.0 Å². The minimum absolute atomic E-state index is 0.0390. The molecule has 0 spiro atoms. The van der Waals surface area contributed by atoms with E-state index >= 15 is 0 Å². The van der Waals surface area contributed by atoms with Crippen LogP contribution in [0.1, 0.15) is 18.9 Å². The van der Waals surface area contributed by atoms with Gasteiger partial charge in [-0.05, 0) is 17.7 Å². The molecule has 0 unspecified atom stereocenters. The molecular formula is C13H20N2O4S. The van der Waals surface area contributed by atoms with E-state index in [4.69, 9.17) is 4.74 Å². The van der Waals surface area contributed by atoms with Crippen LogP contribution in [-0.2, 0) is 26.1 Å². The number of rotatable bonds is 8. The molecule has 0 aliphatic rings. The van der Waals surface area contributed by atoms with Crippen molar-refractivity contribution in [1.82, 2.24) is 10.0 Å². The summed E-state index contributed by atoms with van der Waals surface area (Å²) < 4.78 is 31.0. The van der Waals surface area contributed by atoms with E-state index in [0.717, 1.165) is 5.56 Å². The first-order valence-electron chi connectivity index (χ1n) is 6.34. The number of benzene rings is 1. The summed E-state index contributed by atoms with van der Waals surface area (Å²) in [6.07, 6.45) is 0.426. The third-order valence-corrected chi connectivity index (χ3v) is 4.12. The molecule has 0 bridgehead atoms. The molecule has 0 radical (unpaired) electrons. The Morgan fingerprint density at radius 3 is 2.45 bits per heavy atom. The molecule has 0 saturated heterocycles. The third-order valence-electron chi connectivity index (χ3n) is 2.64. The summed E-state index contributed by atoms with van der Waals surface area (Å²) in [5, 5.41) is 2.73. The predicted octanol–water partition coefficient (Wildman–Crippen LogP) is 0.638. The maximum absolute atomic E-state index is 11.9. The van der Waals surface area contributed by atoms with Gasteiger partial charge in [0.1, 0.15) is 0 Å². The summed E-state index contributed by atoms with van der Waals surface area (Å²) in [6, 6.07) is 6.40. The summed E-state index contributed by atoms with van der Waals surface area (Å²) in [6.45, 7) is 2.72. The fourth-order valence-electron chi connectivity index (χ4n) is 1.47. The lowest BCUT2D eigenvalue weighted by atomic mass is 10.2. The van der Waals surface area contributed by atoms with Gasteiger partial charge in [0.2, 0.25) is 15.9 Å². The molecule has 1 aromatic rings. The van der Waals surface area contributed by atoms with Gasteiger partial charge in [-0.15, -0.1) is 0 Å². The monoisotopic (exact) mass is 300 g/mol. The molecule has 0 aliphatic heterocycles. The molecule has 0 atom stereocenters. The molecule has 6 nitrogen and oxygen atoms in total. The van der Waals surface area contributed by atoms with Gasteiger partial charge >= 0.3 is 0 Å². The van der Waals surface area contributed by atoms with E-state index in [1.54, 1.807) is 19.1 Å². The SMILES string of the molecule is CCC(=O)NCc1ccc(S(=O)(=O)NCCOC)cc1. The van der Waals surface area contributed by atoms with E-state index in [1.165, 1.54) is 19.2 Å². The third kappa shape index (κ3) is 5.28. The maximum Gasteiger partial charge on any atom is 0.240 e. The van der Waals surface area contributed by atoms with Crippen molar-refractivity contribution in [2.75, 3.05) is 20.3 Å². The van der Waals surface area contributed by atoms with Crippen molar-refractivity contribution < 1.29 is 17.9 Å². The molecule has 1 rings (SSSR count). The highest BCUT2D eigenvalue weighted by Gasteiger charge is 2.12. The van der Waals surface area contributed by atoms with Crippen LogP contribution in [0.2, 0.25) is 0 Å². The predicted molar refractivity (Wildman–Crippen MR) is 75.6 cm³/mol. The average molecular weight is 300 g/mol. The summed E-state index contributed by atoms with van der Waals surface area (Å²) in [7, 11) is -1.99.